The molecule has 2 rings (SSSR count). The molecular weight excluding hydrogens is 414 g/mol. The van der Waals surface area contributed by atoms with Gasteiger partial charge < -0.3 is 19.5 Å². The van der Waals surface area contributed by atoms with Crippen molar-refractivity contribution in [3.63, 3.8) is 0 Å². The van der Waals surface area contributed by atoms with E-state index in [9.17, 15) is 23.9 Å². The van der Waals surface area contributed by atoms with Crippen molar-refractivity contribution in [2.75, 3.05) is 13.1 Å². The van der Waals surface area contributed by atoms with Gasteiger partial charge in [0.1, 0.15) is 17.2 Å². The van der Waals surface area contributed by atoms with Crippen LogP contribution in [0.4, 0.5) is 13.6 Å². The van der Waals surface area contributed by atoms with Crippen LogP contribution in [0, 0.1) is 11.3 Å². The minimum absolute atomic E-state index is 0.00578. The first-order valence-electron chi connectivity index (χ1n) is 7.88. The quantitative estimate of drug-likeness (QED) is 0.761. The smallest absolute Gasteiger partial charge is 0.410 e. The Labute approximate surface area is 158 Å². The zero-order chi connectivity index (χ0) is 19.7. The maximum atomic E-state index is 14.5. The van der Waals surface area contributed by atoms with Crippen LogP contribution in [-0.4, -0.2) is 46.8 Å². The van der Waals surface area contributed by atoms with Gasteiger partial charge in [0.15, 0.2) is 17.6 Å². The number of carbonyl (C=O) groups is 1. The van der Waals surface area contributed by atoms with E-state index in [1.54, 1.807) is 20.8 Å². The van der Waals surface area contributed by atoms with Crippen LogP contribution in [0.3, 0.4) is 0 Å². The zero-order valence-electron chi connectivity index (χ0n) is 14.6. The Morgan fingerprint density at radius 3 is 2.65 bits per heavy atom. The number of nitriles is 1. The molecule has 0 aromatic heterocycles. The van der Waals surface area contributed by atoms with E-state index in [0.717, 1.165) is 4.90 Å². The van der Waals surface area contributed by atoms with Crippen molar-refractivity contribution in [2.24, 2.45) is 0 Å². The number of carbonyl (C=O) groups excluding carboxylic acids is 1. The molecule has 9 heteroatoms. The molecule has 1 heterocycles. The maximum Gasteiger partial charge on any atom is 0.410 e. The summed E-state index contributed by atoms with van der Waals surface area (Å²) >= 11 is 3.12. The molecule has 1 fully saturated rings. The standard InChI is InChI=1S/C17H19BrF2N2O4/c1-16(2,3)26-15(24)22-7-6-13(17(19,20)9-22)25-14-10(8-21)11(18)4-5-12(14)23/h4-5,13,23H,6-7,9H2,1-3H3. The van der Waals surface area contributed by atoms with Crippen molar-refractivity contribution in [1.82, 2.24) is 4.90 Å². The lowest BCUT2D eigenvalue weighted by atomic mass is 10.0. The number of phenols is 1. The number of likely N-dealkylation sites (tertiary alicyclic amines) is 1. The fourth-order valence-corrected chi connectivity index (χ4v) is 2.86. The first kappa shape index (κ1) is 20.2. The highest BCUT2D eigenvalue weighted by molar-refractivity contribution is 9.10. The molecule has 0 radical (unpaired) electrons. The molecule has 1 aliphatic heterocycles. The highest BCUT2D eigenvalue weighted by Crippen LogP contribution is 2.39. The summed E-state index contributed by atoms with van der Waals surface area (Å²) < 4.78 is 39.8. The number of hydrogen-bond acceptors (Lipinski definition) is 5. The van der Waals surface area contributed by atoms with Gasteiger partial charge in [-0.15, -0.1) is 0 Å². The van der Waals surface area contributed by atoms with E-state index in [4.69, 9.17) is 9.47 Å². The number of halogens is 3. The molecule has 1 atom stereocenters. The first-order chi connectivity index (χ1) is 11.9. The zero-order valence-corrected chi connectivity index (χ0v) is 16.1. The summed E-state index contributed by atoms with van der Waals surface area (Å²) in [5, 5.41) is 19.1. The number of hydrogen-bond donors (Lipinski definition) is 1. The lowest BCUT2D eigenvalue weighted by molar-refractivity contribution is -0.137. The van der Waals surface area contributed by atoms with Gasteiger partial charge in [0, 0.05) is 17.4 Å². The predicted octanol–water partition coefficient (Wildman–Crippen LogP) is 4.05. The topological polar surface area (TPSA) is 82.8 Å². The van der Waals surface area contributed by atoms with Gasteiger partial charge in [0.05, 0.1) is 6.54 Å². The largest absolute Gasteiger partial charge is 0.504 e. The maximum absolute atomic E-state index is 14.5. The van der Waals surface area contributed by atoms with E-state index in [0.29, 0.717) is 4.47 Å². The fourth-order valence-electron chi connectivity index (χ4n) is 2.46. The van der Waals surface area contributed by atoms with Crippen molar-refractivity contribution in [3.8, 4) is 17.6 Å². The number of nitrogens with zero attached hydrogens (tertiary/aromatic N) is 2. The van der Waals surface area contributed by atoms with Crippen LogP contribution < -0.4 is 4.74 Å². The molecule has 1 aromatic rings. The van der Waals surface area contributed by atoms with Crippen LogP contribution in [0.5, 0.6) is 11.5 Å². The average molecular weight is 433 g/mol. The molecule has 1 amide bonds. The number of ether oxygens (including phenoxy) is 2. The van der Waals surface area contributed by atoms with E-state index < -0.39 is 36.0 Å². The number of piperidine rings is 1. The minimum Gasteiger partial charge on any atom is -0.504 e. The molecule has 6 nitrogen and oxygen atoms in total. The second-order valence-electron chi connectivity index (χ2n) is 6.94. The normalized spacial score (nSPS) is 19.6. The third kappa shape index (κ3) is 4.55. The van der Waals surface area contributed by atoms with E-state index in [2.05, 4.69) is 15.9 Å². The molecule has 26 heavy (non-hydrogen) atoms. The number of amides is 1. The number of phenolic OH excluding ortho intramolecular Hbond substituents is 1. The van der Waals surface area contributed by atoms with Crippen LogP contribution in [0.1, 0.15) is 32.8 Å². The van der Waals surface area contributed by atoms with Gasteiger partial charge in [-0.3, -0.25) is 0 Å². The Bertz CT molecular complexity index is 744. The van der Waals surface area contributed by atoms with Crippen molar-refractivity contribution in [2.45, 2.75) is 44.8 Å². The third-order valence-corrected chi connectivity index (χ3v) is 4.30. The fraction of sp³-hybridized carbons (Fsp3) is 0.529. The number of aromatic hydroxyl groups is 1. The Hall–Kier alpha value is -2.08. The molecule has 1 unspecified atom stereocenters. The number of alkyl halides is 2. The lowest BCUT2D eigenvalue weighted by Crippen LogP contribution is -2.56. The van der Waals surface area contributed by atoms with Gasteiger partial charge in [-0.1, -0.05) is 0 Å². The molecule has 0 spiro atoms. The number of rotatable bonds is 2. The van der Waals surface area contributed by atoms with E-state index >= 15 is 0 Å². The van der Waals surface area contributed by atoms with Crippen LogP contribution in [0.2, 0.25) is 0 Å². The Balaban J connectivity index is 2.17. The first-order valence-corrected chi connectivity index (χ1v) is 8.68. The van der Waals surface area contributed by atoms with E-state index in [-0.39, 0.29) is 24.3 Å². The summed E-state index contributed by atoms with van der Waals surface area (Å²) in [7, 11) is 0. The molecule has 0 saturated carbocycles. The SMILES string of the molecule is CC(C)(C)OC(=O)N1CCC(Oc2c(O)ccc(Br)c2C#N)C(F)(F)C1. The van der Waals surface area contributed by atoms with Crippen molar-refractivity contribution in [3.05, 3.63) is 22.2 Å². The molecule has 1 aliphatic rings. The second-order valence-corrected chi connectivity index (χ2v) is 7.79. The highest BCUT2D eigenvalue weighted by Gasteiger charge is 2.49. The molecule has 142 valence electrons. The minimum atomic E-state index is -3.38. The van der Waals surface area contributed by atoms with Gasteiger partial charge in [-0.05, 0) is 48.8 Å². The van der Waals surface area contributed by atoms with Crippen molar-refractivity contribution in [1.29, 1.82) is 5.26 Å². The van der Waals surface area contributed by atoms with Crippen molar-refractivity contribution >= 4 is 22.0 Å². The van der Waals surface area contributed by atoms with Gasteiger partial charge in [0.2, 0.25) is 0 Å². The summed E-state index contributed by atoms with van der Waals surface area (Å²) in [6, 6.07) is 4.48. The van der Waals surface area contributed by atoms with Crippen LogP contribution in [0.15, 0.2) is 16.6 Å². The van der Waals surface area contributed by atoms with E-state index in [1.807, 2.05) is 6.07 Å². The average Bonchev–Trinajstić information content (AvgIpc) is 2.50. The number of benzene rings is 1. The summed E-state index contributed by atoms with van der Waals surface area (Å²) in [5.41, 5.74) is -0.862. The van der Waals surface area contributed by atoms with E-state index in [1.165, 1.54) is 12.1 Å². The molecule has 0 bridgehead atoms. The molecule has 1 saturated heterocycles. The summed E-state index contributed by atoms with van der Waals surface area (Å²) in [6.45, 7) is 4.09. The van der Waals surface area contributed by atoms with Crippen LogP contribution in [0.25, 0.3) is 0 Å². The van der Waals surface area contributed by atoms with Crippen LogP contribution >= 0.6 is 15.9 Å². The summed E-state index contributed by atoms with van der Waals surface area (Å²) in [4.78, 5) is 12.9. The third-order valence-electron chi connectivity index (χ3n) is 3.64. The molecule has 1 aromatic carbocycles. The molecule has 0 aliphatic carbocycles. The summed E-state index contributed by atoms with van der Waals surface area (Å²) in [6.07, 6.45) is -2.59. The van der Waals surface area contributed by atoms with Gasteiger partial charge in [-0.2, -0.15) is 5.26 Å². The van der Waals surface area contributed by atoms with Gasteiger partial charge in [0.25, 0.3) is 0 Å². The van der Waals surface area contributed by atoms with Gasteiger partial charge >= 0.3 is 12.0 Å². The second kappa shape index (κ2) is 7.27. The van der Waals surface area contributed by atoms with Crippen LogP contribution in [-0.2, 0) is 4.74 Å². The molecular formula is C17H19BrF2N2O4. The highest BCUT2D eigenvalue weighted by atomic mass is 79.9. The van der Waals surface area contributed by atoms with Crippen molar-refractivity contribution < 1.29 is 28.2 Å². The monoisotopic (exact) mass is 432 g/mol. The summed E-state index contributed by atoms with van der Waals surface area (Å²) in [5.74, 6) is -4.09. The van der Waals surface area contributed by atoms with Gasteiger partial charge in [-0.25, -0.2) is 13.6 Å². The molecule has 1 N–H and O–H groups in total. The Kier molecular flexibility index (Phi) is 5.66. The Morgan fingerprint density at radius 2 is 2.12 bits per heavy atom. The Morgan fingerprint density at radius 1 is 1.46 bits per heavy atom. The predicted molar refractivity (Wildman–Crippen MR) is 92.3 cm³/mol. The lowest BCUT2D eigenvalue weighted by Gasteiger charge is -2.38.